The molecule has 21 heavy (non-hydrogen) atoms. The van der Waals surface area contributed by atoms with Crippen LogP contribution in [0.5, 0.6) is 0 Å². The smallest absolute Gasteiger partial charge is 0.270 e. The van der Waals surface area contributed by atoms with Crippen molar-refractivity contribution in [2.45, 2.75) is 13.8 Å². The number of likely N-dealkylation sites (N-methyl/N-ethyl adjacent to an activating group) is 1. The lowest BCUT2D eigenvalue weighted by Crippen LogP contribution is -2.48. The van der Waals surface area contributed by atoms with Gasteiger partial charge in [-0.25, -0.2) is 0 Å². The van der Waals surface area contributed by atoms with Gasteiger partial charge in [-0.3, -0.25) is 4.79 Å². The first-order valence-corrected chi connectivity index (χ1v) is 7.68. The van der Waals surface area contributed by atoms with Crippen LogP contribution in [0, 0.1) is 6.92 Å². The molecule has 2 aromatic rings. The number of aromatic nitrogens is 1. The summed E-state index contributed by atoms with van der Waals surface area (Å²) in [4.78, 5) is 17.1. The summed E-state index contributed by atoms with van der Waals surface area (Å²) in [5.74, 6) is 0.155. The molecule has 1 fully saturated rings. The molecule has 2 heterocycles. The van der Waals surface area contributed by atoms with Crippen molar-refractivity contribution in [1.29, 1.82) is 0 Å². The van der Waals surface area contributed by atoms with E-state index >= 15 is 0 Å². The van der Waals surface area contributed by atoms with Crippen LogP contribution in [-0.4, -0.2) is 53.0 Å². The van der Waals surface area contributed by atoms with E-state index < -0.39 is 0 Å². The van der Waals surface area contributed by atoms with Crippen LogP contribution in [-0.2, 0) is 7.05 Å². The number of carbonyl (C=O) groups excluding carboxylic acids is 1. The Morgan fingerprint density at radius 1 is 1.14 bits per heavy atom. The average molecular weight is 285 g/mol. The summed E-state index contributed by atoms with van der Waals surface area (Å²) in [6, 6.07) is 8.35. The fourth-order valence-corrected chi connectivity index (χ4v) is 3.10. The Bertz CT molecular complexity index is 666. The molecule has 0 atom stereocenters. The van der Waals surface area contributed by atoms with Gasteiger partial charge in [-0.05, 0) is 31.7 Å². The van der Waals surface area contributed by atoms with Gasteiger partial charge >= 0.3 is 0 Å². The highest BCUT2D eigenvalue weighted by Crippen LogP contribution is 2.21. The second-order valence-electron chi connectivity index (χ2n) is 5.88. The van der Waals surface area contributed by atoms with Gasteiger partial charge in [-0.2, -0.15) is 0 Å². The van der Waals surface area contributed by atoms with Gasteiger partial charge in [0.25, 0.3) is 5.91 Å². The third-order valence-electron chi connectivity index (χ3n) is 4.52. The summed E-state index contributed by atoms with van der Waals surface area (Å²) in [6.45, 7) is 8.92. The minimum atomic E-state index is 0.155. The number of hydrogen-bond donors (Lipinski definition) is 0. The molecule has 1 aromatic heterocycles. The van der Waals surface area contributed by atoms with Crippen LogP contribution in [0.2, 0.25) is 0 Å². The molecule has 0 bridgehead atoms. The molecular formula is C17H23N3O. The first-order valence-electron chi connectivity index (χ1n) is 7.68. The molecule has 1 aliphatic heterocycles. The van der Waals surface area contributed by atoms with Crippen molar-refractivity contribution in [2.75, 3.05) is 32.7 Å². The van der Waals surface area contributed by atoms with Crippen LogP contribution in [0.25, 0.3) is 10.9 Å². The lowest BCUT2D eigenvalue weighted by Gasteiger charge is -2.34. The predicted octanol–water partition coefficient (Wildman–Crippen LogP) is 2.26. The number of amides is 1. The number of benzene rings is 1. The van der Waals surface area contributed by atoms with Gasteiger partial charge in [0.15, 0.2) is 0 Å². The lowest BCUT2D eigenvalue weighted by molar-refractivity contribution is 0.0634. The predicted molar refractivity (Wildman–Crippen MR) is 85.7 cm³/mol. The number of nitrogens with zero attached hydrogens (tertiary/aromatic N) is 3. The van der Waals surface area contributed by atoms with Gasteiger partial charge < -0.3 is 14.4 Å². The summed E-state index contributed by atoms with van der Waals surface area (Å²) in [5.41, 5.74) is 3.14. The molecule has 1 aliphatic rings. The van der Waals surface area contributed by atoms with Gasteiger partial charge in [0.2, 0.25) is 0 Å². The first-order chi connectivity index (χ1) is 10.1. The molecule has 0 aliphatic carbocycles. The normalized spacial score (nSPS) is 16.6. The molecule has 0 unspecified atom stereocenters. The Labute approximate surface area is 125 Å². The van der Waals surface area contributed by atoms with Crippen LogP contribution in [0.3, 0.4) is 0 Å². The third kappa shape index (κ3) is 2.56. The third-order valence-corrected chi connectivity index (χ3v) is 4.52. The zero-order valence-corrected chi connectivity index (χ0v) is 13.1. The molecule has 1 amide bonds. The second-order valence-corrected chi connectivity index (χ2v) is 5.88. The largest absolute Gasteiger partial charge is 0.340 e. The Morgan fingerprint density at radius 2 is 1.86 bits per heavy atom. The van der Waals surface area contributed by atoms with Crippen molar-refractivity contribution in [3.63, 3.8) is 0 Å². The van der Waals surface area contributed by atoms with Crippen LogP contribution in [0.15, 0.2) is 24.3 Å². The van der Waals surface area contributed by atoms with Crippen LogP contribution in [0.4, 0.5) is 0 Å². The Morgan fingerprint density at radius 3 is 2.52 bits per heavy atom. The van der Waals surface area contributed by atoms with E-state index in [1.807, 2.05) is 22.6 Å². The highest BCUT2D eigenvalue weighted by molar-refractivity contribution is 5.98. The van der Waals surface area contributed by atoms with Crippen molar-refractivity contribution in [1.82, 2.24) is 14.4 Å². The minimum Gasteiger partial charge on any atom is -0.340 e. The van der Waals surface area contributed by atoms with Crippen LogP contribution in [0.1, 0.15) is 23.0 Å². The number of piperazine rings is 1. The molecule has 4 nitrogen and oxygen atoms in total. The fourth-order valence-electron chi connectivity index (χ4n) is 3.10. The van der Waals surface area contributed by atoms with Gasteiger partial charge in [-0.15, -0.1) is 0 Å². The maximum Gasteiger partial charge on any atom is 0.270 e. The van der Waals surface area contributed by atoms with Crippen molar-refractivity contribution < 1.29 is 4.79 Å². The molecule has 0 N–H and O–H groups in total. The SMILES string of the molecule is CCN1CCN(C(=O)c2cc3cc(C)ccc3n2C)CC1. The van der Waals surface area contributed by atoms with E-state index in [4.69, 9.17) is 0 Å². The van der Waals surface area contributed by atoms with Gasteiger partial charge in [0.05, 0.1) is 0 Å². The first kappa shape index (κ1) is 14.1. The maximum atomic E-state index is 12.8. The van der Waals surface area contributed by atoms with Crippen molar-refractivity contribution in [3.05, 3.63) is 35.5 Å². The summed E-state index contributed by atoms with van der Waals surface area (Å²) in [7, 11) is 1.98. The van der Waals surface area contributed by atoms with Crippen molar-refractivity contribution in [3.8, 4) is 0 Å². The number of aryl methyl sites for hydroxylation is 2. The topological polar surface area (TPSA) is 28.5 Å². The molecule has 112 valence electrons. The van der Waals surface area contributed by atoms with Crippen molar-refractivity contribution >= 4 is 16.8 Å². The average Bonchev–Trinajstić information content (AvgIpc) is 2.83. The number of rotatable bonds is 2. The zero-order valence-electron chi connectivity index (χ0n) is 13.1. The highest BCUT2D eigenvalue weighted by Gasteiger charge is 2.23. The molecule has 1 saturated heterocycles. The molecule has 0 spiro atoms. The lowest BCUT2D eigenvalue weighted by atomic mass is 10.2. The summed E-state index contributed by atoms with van der Waals surface area (Å²) >= 11 is 0. The van der Waals surface area contributed by atoms with E-state index in [0.717, 1.165) is 49.3 Å². The second kappa shape index (κ2) is 5.53. The number of carbonyl (C=O) groups is 1. The fraction of sp³-hybridized carbons (Fsp3) is 0.471. The van der Waals surface area contributed by atoms with Gasteiger partial charge in [0.1, 0.15) is 5.69 Å². The number of hydrogen-bond acceptors (Lipinski definition) is 2. The standard InChI is InChI=1S/C17H23N3O/c1-4-19-7-9-20(10-8-19)17(21)16-12-14-11-13(2)5-6-15(14)18(16)3/h5-6,11-12H,4,7-10H2,1-3H3. The van der Waals surface area contributed by atoms with Gasteiger partial charge in [0, 0.05) is 44.1 Å². The molecule has 0 saturated carbocycles. The Hall–Kier alpha value is -1.81. The Balaban J connectivity index is 1.86. The van der Waals surface area contributed by atoms with E-state index in [2.05, 4.69) is 36.9 Å². The summed E-state index contributed by atoms with van der Waals surface area (Å²) < 4.78 is 2.02. The summed E-state index contributed by atoms with van der Waals surface area (Å²) in [6.07, 6.45) is 0. The maximum absolute atomic E-state index is 12.8. The van der Waals surface area contributed by atoms with E-state index in [0.29, 0.717) is 0 Å². The molecule has 1 aromatic carbocycles. The van der Waals surface area contributed by atoms with Crippen LogP contribution < -0.4 is 0 Å². The Kier molecular flexibility index (Phi) is 3.72. The van der Waals surface area contributed by atoms with Crippen molar-refractivity contribution in [2.24, 2.45) is 7.05 Å². The van der Waals surface area contributed by atoms with Crippen LogP contribution >= 0.6 is 0 Å². The zero-order chi connectivity index (χ0) is 15.0. The number of fused-ring (bicyclic) bond motifs is 1. The van der Waals surface area contributed by atoms with Gasteiger partial charge in [-0.1, -0.05) is 18.6 Å². The molecule has 0 radical (unpaired) electrons. The van der Waals surface area contributed by atoms with E-state index in [9.17, 15) is 4.79 Å². The monoisotopic (exact) mass is 285 g/mol. The summed E-state index contributed by atoms with van der Waals surface area (Å²) in [5, 5.41) is 1.15. The van der Waals surface area contributed by atoms with E-state index in [-0.39, 0.29) is 5.91 Å². The minimum absolute atomic E-state index is 0.155. The highest BCUT2D eigenvalue weighted by atomic mass is 16.2. The molecular weight excluding hydrogens is 262 g/mol. The van der Waals surface area contributed by atoms with E-state index in [1.165, 1.54) is 5.56 Å². The quantitative estimate of drug-likeness (QED) is 0.847. The van der Waals surface area contributed by atoms with E-state index in [1.54, 1.807) is 0 Å². The molecule has 4 heteroatoms. The molecule has 3 rings (SSSR count).